The highest BCUT2D eigenvalue weighted by molar-refractivity contribution is 7.44. The van der Waals surface area contributed by atoms with Crippen molar-refractivity contribution in [2.45, 2.75) is 72.0 Å². The van der Waals surface area contributed by atoms with Gasteiger partial charge in [0.2, 0.25) is 0 Å². The van der Waals surface area contributed by atoms with Crippen molar-refractivity contribution in [1.29, 1.82) is 5.26 Å². The van der Waals surface area contributed by atoms with Gasteiger partial charge in [0.15, 0.2) is 0 Å². The molecule has 0 aliphatic rings. The first-order valence-corrected chi connectivity index (χ1v) is 15.1. The van der Waals surface area contributed by atoms with Crippen LogP contribution in [0, 0.1) is 25.2 Å². The zero-order valence-corrected chi connectivity index (χ0v) is 25.2. The number of benzene rings is 3. The highest BCUT2D eigenvalue weighted by Gasteiger charge is 2.36. The summed E-state index contributed by atoms with van der Waals surface area (Å²) in [6.45, 7) is 14.6. The first-order chi connectivity index (χ1) is 18.8. The molecule has 3 rings (SSSR count). The Hall–Kier alpha value is -2.58. The van der Waals surface area contributed by atoms with Gasteiger partial charge in [-0.25, -0.2) is 4.67 Å². The number of hydrogen-bond donors (Lipinski definition) is 1. The van der Waals surface area contributed by atoms with E-state index in [2.05, 4.69) is 136 Å². The number of nitrogens with zero attached hydrogens (tertiary/aromatic N) is 2. The summed E-state index contributed by atoms with van der Waals surface area (Å²) in [6, 6.07) is 31.0. The zero-order chi connectivity index (χ0) is 28.3. The summed E-state index contributed by atoms with van der Waals surface area (Å²) in [6.07, 6.45) is 1.19. The maximum absolute atomic E-state index is 8.93. The molecule has 6 heteroatoms. The third kappa shape index (κ3) is 8.21. The van der Waals surface area contributed by atoms with E-state index in [-0.39, 0.29) is 12.1 Å². The van der Waals surface area contributed by atoms with E-state index in [1.165, 1.54) is 27.8 Å². The number of nitrogens with one attached hydrogen (secondary N) is 1. The Morgan fingerprint density at radius 2 is 1.26 bits per heavy atom. The lowest BCUT2D eigenvalue weighted by Crippen LogP contribution is -2.46. The Kier molecular flexibility index (Phi) is 12.1. The fourth-order valence-electron chi connectivity index (χ4n) is 4.90. The van der Waals surface area contributed by atoms with Crippen LogP contribution in [0.5, 0.6) is 0 Å². The molecule has 39 heavy (non-hydrogen) atoms. The van der Waals surface area contributed by atoms with Crippen LogP contribution in [0.4, 0.5) is 0 Å². The van der Waals surface area contributed by atoms with Crippen molar-refractivity contribution >= 4 is 8.53 Å². The van der Waals surface area contributed by atoms with Crippen LogP contribution in [0.1, 0.15) is 68.4 Å². The normalized spacial score (nSPS) is 12.7. The molecule has 5 nitrogen and oxygen atoms in total. The third-order valence-corrected chi connectivity index (χ3v) is 8.86. The number of nitriles is 1. The summed E-state index contributed by atoms with van der Waals surface area (Å²) in [5, 5.41) is 12.8. The van der Waals surface area contributed by atoms with Crippen LogP contribution >= 0.6 is 8.53 Å². The molecule has 0 heterocycles. The second-order valence-corrected chi connectivity index (χ2v) is 12.0. The van der Waals surface area contributed by atoms with E-state index < -0.39 is 14.1 Å². The zero-order valence-electron chi connectivity index (χ0n) is 24.4. The summed E-state index contributed by atoms with van der Waals surface area (Å²) in [7, 11) is -1.25. The van der Waals surface area contributed by atoms with Gasteiger partial charge in [0.05, 0.1) is 24.8 Å². The van der Waals surface area contributed by atoms with E-state index in [0.717, 1.165) is 0 Å². The molecule has 3 aromatic carbocycles. The molecule has 0 aromatic heterocycles. The molecule has 0 aliphatic carbocycles. The molecule has 1 unspecified atom stereocenters. The Bertz CT molecular complexity index is 1100. The second kappa shape index (κ2) is 15.3. The summed E-state index contributed by atoms with van der Waals surface area (Å²) in [4.78, 5) is 0. The summed E-state index contributed by atoms with van der Waals surface area (Å²) in [5.74, 6) is 0. The monoisotopic (exact) mass is 545 g/mol. The minimum absolute atomic E-state index is 0.281. The van der Waals surface area contributed by atoms with Gasteiger partial charge in [-0.1, -0.05) is 90.0 Å². The van der Waals surface area contributed by atoms with Crippen LogP contribution in [0.15, 0.2) is 78.9 Å². The number of hydrogen-bond acceptors (Lipinski definition) is 5. The van der Waals surface area contributed by atoms with Gasteiger partial charge < -0.3 is 9.05 Å². The Morgan fingerprint density at radius 3 is 1.74 bits per heavy atom. The van der Waals surface area contributed by atoms with Gasteiger partial charge in [-0.05, 0) is 64.7 Å². The molecular weight excluding hydrogens is 501 g/mol. The number of aryl methyl sites for hydroxylation is 2. The van der Waals surface area contributed by atoms with E-state index >= 15 is 0 Å². The highest BCUT2D eigenvalue weighted by Crippen LogP contribution is 2.46. The highest BCUT2D eigenvalue weighted by atomic mass is 31.2. The maximum Gasteiger partial charge on any atom is 0.259 e. The third-order valence-electron chi connectivity index (χ3n) is 6.75. The van der Waals surface area contributed by atoms with Gasteiger partial charge in [-0.2, -0.15) is 5.26 Å². The molecule has 0 fully saturated rings. The molecule has 0 aliphatic heterocycles. The van der Waals surface area contributed by atoms with Crippen molar-refractivity contribution in [2.24, 2.45) is 0 Å². The van der Waals surface area contributed by atoms with Crippen LogP contribution in [0.25, 0.3) is 0 Å². The van der Waals surface area contributed by atoms with Gasteiger partial charge in [-0.3, -0.25) is 5.32 Å². The molecule has 0 amide bonds. The van der Waals surface area contributed by atoms with Gasteiger partial charge >= 0.3 is 0 Å². The van der Waals surface area contributed by atoms with Crippen molar-refractivity contribution in [2.75, 3.05) is 19.8 Å². The molecule has 3 aromatic rings. The SMILES string of the molecule is Cc1ccc(C(NCCOP(OCCCC#N)N(C(C)C)C(C)C)(c2ccccc2)c2ccc(C)cc2)cc1. The van der Waals surface area contributed by atoms with Crippen molar-refractivity contribution in [1.82, 2.24) is 9.99 Å². The van der Waals surface area contributed by atoms with E-state index in [1.807, 2.05) is 0 Å². The van der Waals surface area contributed by atoms with Crippen LogP contribution in [0.2, 0.25) is 0 Å². The van der Waals surface area contributed by atoms with E-state index in [9.17, 15) is 0 Å². The average molecular weight is 546 g/mol. The summed E-state index contributed by atoms with van der Waals surface area (Å²) < 4.78 is 15.0. The predicted molar refractivity (Wildman–Crippen MR) is 162 cm³/mol. The molecule has 1 N–H and O–H groups in total. The Morgan fingerprint density at radius 1 is 0.769 bits per heavy atom. The van der Waals surface area contributed by atoms with Crippen molar-refractivity contribution in [3.05, 3.63) is 107 Å². The van der Waals surface area contributed by atoms with Crippen molar-refractivity contribution in [3.63, 3.8) is 0 Å². The standard InChI is InChI=1S/C33H44N3O2P/c1-26(2)36(27(3)4)39(37-24-11-10-22-34)38-25-23-35-33(30-12-8-7-9-13-30,31-18-14-28(5)15-19-31)32-20-16-29(6)17-21-32/h7-9,12-21,26-27,35H,10-11,23-25H2,1-6H3. The van der Waals surface area contributed by atoms with Crippen LogP contribution < -0.4 is 5.32 Å². The maximum atomic E-state index is 8.93. The summed E-state index contributed by atoms with van der Waals surface area (Å²) >= 11 is 0. The summed E-state index contributed by atoms with van der Waals surface area (Å²) in [5.41, 5.74) is 5.47. The van der Waals surface area contributed by atoms with Crippen LogP contribution in [0.3, 0.4) is 0 Å². The molecule has 1 atom stereocenters. The van der Waals surface area contributed by atoms with Crippen molar-refractivity contribution in [3.8, 4) is 6.07 Å². The van der Waals surface area contributed by atoms with Crippen LogP contribution in [-0.4, -0.2) is 36.5 Å². The molecule has 0 radical (unpaired) electrons. The number of unbranched alkanes of at least 4 members (excludes halogenated alkanes) is 1. The first kappa shape index (κ1) is 31.0. The lowest BCUT2D eigenvalue weighted by molar-refractivity contribution is 0.172. The Balaban J connectivity index is 1.91. The van der Waals surface area contributed by atoms with Gasteiger partial charge in [-0.15, -0.1) is 0 Å². The molecule has 0 saturated heterocycles. The minimum Gasteiger partial charge on any atom is -0.322 e. The predicted octanol–water partition coefficient (Wildman–Crippen LogP) is 7.87. The van der Waals surface area contributed by atoms with E-state index in [0.29, 0.717) is 32.6 Å². The van der Waals surface area contributed by atoms with E-state index in [1.54, 1.807) is 0 Å². The second-order valence-electron chi connectivity index (χ2n) is 10.5. The smallest absolute Gasteiger partial charge is 0.259 e. The molecule has 0 saturated carbocycles. The van der Waals surface area contributed by atoms with Gasteiger partial charge in [0.25, 0.3) is 8.53 Å². The molecule has 0 spiro atoms. The topological polar surface area (TPSA) is 57.5 Å². The number of rotatable bonds is 15. The van der Waals surface area contributed by atoms with Crippen LogP contribution in [-0.2, 0) is 14.6 Å². The lowest BCUT2D eigenvalue weighted by Gasteiger charge is -2.38. The quantitative estimate of drug-likeness (QED) is 0.120. The first-order valence-electron chi connectivity index (χ1n) is 14.0. The Labute approximate surface area is 237 Å². The molecular formula is C33H44N3O2P. The minimum atomic E-state index is -1.25. The van der Waals surface area contributed by atoms with Gasteiger partial charge in [0.1, 0.15) is 0 Å². The molecule has 0 bridgehead atoms. The van der Waals surface area contributed by atoms with Crippen molar-refractivity contribution < 1.29 is 9.05 Å². The average Bonchev–Trinajstić information content (AvgIpc) is 2.92. The largest absolute Gasteiger partial charge is 0.322 e. The van der Waals surface area contributed by atoms with Gasteiger partial charge in [0, 0.05) is 25.0 Å². The fourth-order valence-corrected chi connectivity index (χ4v) is 6.53. The lowest BCUT2D eigenvalue weighted by atomic mass is 9.76. The van der Waals surface area contributed by atoms with E-state index in [4.69, 9.17) is 14.3 Å². The fraction of sp³-hybridized carbons (Fsp3) is 0.424. The molecule has 208 valence electrons.